The zero-order valence-corrected chi connectivity index (χ0v) is 11.0. The number of unbranched alkanes of at least 4 members (excludes halogenated alkanes) is 3. The minimum atomic E-state index is -1.30. The first-order chi connectivity index (χ1) is 6.12. The van der Waals surface area contributed by atoms with Crippen molar-refractivity contribution in [1.82, 2.24) is 0 Å². The molecule has 0 aliphatic rings. The predicted octanol–water partition coefficient (Wildman–Crippen LogP) is 4.03. The van der Waals surface area contributed by atoms with Crippen molar-refractivity contribution in [1.29, 1.82) is 0 Å². The Kier molecular flexibility index (Phi) is 8.11. The van der Waals surface area contributed by atoms with Gasteiger partial charge in [-0.1, -0.05) is 19.3 Å². The van der Waals surface area contributed by atoms with Crippen LogP contribution in [0.2, 0.25) is 19.1 Å². The van der Waals surface area contributed by atoms with E-state index in [4.69, 9.17) is 16.0 Å². The summed E-state index contributed by atoms with van der Waals surface area (Å²) in [6, 6.07) is 1.29. The number of halogens is 1. The van der Waals surface area contributed by atoms with Gasteiger partial charge in [-0.05, 0) is 32.5 Å². The van der Waals surface area contributed by atoms with E-state index in [0.717, 1.165) is 18.9 Å². The molecule has 0 rings (SSSR count). The summed E-state index contributed by atoms with van der Waals surface area (Å²) in [5.74, 6) is 0.812. The van der Waals surface area contributed by atoms with E-state index < -0.39 is 8.32 Å². The van der Waals surface area contributed by atoms with E-state index in [1.54, 1.807) is 0 Å². The fourth-order valence-corrected chi connectivity index (χ4v) is 3.68. The van der Waals surface area contributed by atoms with Crippen molar-refractivity contribution >= 4 is 19.9 Å². The molecule has 0 N–H and O–H groups in total. The highest BCUT2D eigenvalue weighted by molar-refractivity contribution is 6.71. The summed E-state index contributed by atoms with van der Waals surface area (Å²) in [5.41, 5.74) is 0. The molecule has 0 fully saturated rings. The molecule has 0 aromatic carbocycles. The topological polar surface area (TPSA) is 9.23 Å². The highest BCUT2D eigenvalue weighted by Crippen LogP contribution is 2.16. The molecule has 0 radical (unpaired) electrons. The summed E-state index contributed by atoms with van der Waals surface area (Å²) < 4.78 is 5.75. The molecule has 0 amide bonds. The number of hydrogen-bond acceptors (Lipinski definition) is 1. The van der Waals surface area contributed by atoms with E-state index in [9.17, 15) is 0 Å². The zero-order valence-electron chi connectivity index (χ0n) is 9.24. The fourth-order valence-electron chi connectivity index (χ4n) is 1.46. The van der Waals surface area contributed by atoms with Crippen LogP contribution < -0.4 is 0 Å². The van der Waals surface area contributed by atoms with E-state index in [2.05, 4.69) is 20.0 Å². The Hall–Kier alpha value is 0.467. The lowest BCUT2D eigenvalue weighted by Crippen LogP contribution is -2.29. The smallest absolute Gasteiger partial charge is 0.186 e. The molecule has 80 valence electrons. The Morgan fingerprint density at radius 2 is 1.69 bits per heavy atom. The largest absolute Gasteiger partial charge is 0.418 e. The first kappa shape index (κ1) is 13.5. The van der Waals surface area contributed by atoms with E-state index in [1.807, 2.05) is 0 Å². The van der Waals surface area contributed by atoms with Crippen LogP contribution in [-0.2, 0) is 4.43 Å². The molecular formula is C10H23ClOSi. The first-order valence-corrected chi connectivity index (χ1v) is 8.97. The summed E-state index contributed by atoms with van der Waals surface area (Å²) in [6.45, 7) is 7.57. The van der Waals surface area contributed by atoms with Gasteiger partial charge >= 0.3 is 0 Å². The van der Waals surface area contributed by atoms with Gasteiger partial charge < -0.3 is 4.43 Å². The molecule has 0 spiro atoms. The third-order valence-electron chi connectivity index (χ3n) is 2.20. The van der Waals surface area contributed by atoms with E-state index in [-0.39, 0.29) is 0 Å². The van der Waals surface area contributed by atoms with Crippen LogP contribution in [0, 0.1) is 0 Å². The van der Waals surface area contributed by atoms with E-state index >= 15 is 0 Å². The molecule has 0 unspecified atom stereocenters. The Morgan fingerprint density at radius 3 is 2.23 bits per heavy atom. The monoisotopic (exact) mass is 222 g/mol. The molecule has 0 atom stereocenters. The van der Waals surface area contributed by atoms with Crippen LogP contribution in [0.25, 0.3) is 0 Å². The van der Waals surface area contributed by atoms with Gasteiger partial charge in [-0.25, -0.2) is 0 Å². The molecule has 1 nitrogen and oxygen atoms in total. The van der Waals surface area contributed by atoms with Gasteiger partial charge in [-0.15, -0.1) is 11.6 Å². The second kappa shape index (κ2) is 7.83. The lowest BCUT2D eigenvalue weighted by molar-refractivity contribution is 0.327. The molecule has 0 saturated heterocycles. The van der Waals surface area contributed by atoms with Crippen LogP contribution >= 0.6 is 11.6 Å². The maximum absolute atomic E-state index is 5.75. The van der Waals surface area contributed by atoms with Crippen molar-refractivity contribution in [3.63, 3.8) is 0 Å². The average Bonchev–Trinajstić information content (AvgIpc) is 2.04. The van der Waals surface area contributed by atoms with E-state index in [0.29, 0.717) is 0 Å². The summed E-state index contributed by atoms with van der Waals surface area (Å²) in [4.78, 5) is 0. The first-order valence-electron chi connectivity index (χ1n) is 5.32. The van der Waals surface area contributed by atoms with Crippen LogP contribution in [0.5, 0.6) is 0 Å². The number of hydrogen-bond donors (Lipinski definition) is 0. The Labute approximate surface area is 88.9 Å². The lowest BCUT2D eigenvalue weighted by atomic mass is 10.2. The van der Waals surface area contributed by atoms with Gasteiger partial charge in [0.25, 0.3) is 0 Å². The van der Waals surface area contributed by atoms with Crippen molar-refractivity contribution in [3.05, 3.63) is 0 Å². The summed E-state index contributed by atoms with van der Waals surface area (Å²) in [7, 11) is -1.30. The van der Waals surface area contributed by atoms with Crippen LogP contribution in [0.3, 0.4) is 0 Å². The quantitative estimate of drug-likeness (QED) is 0.342. The Bertz CT molecular complexity index is 117. The third-order valence-corrected chi connectivity index (χ3v) is 5.09. The van der Waals surface area contributed by atoms with Gasteiger partial charge in [0.15, 0.2) is 8.32 Å². The number of rotatable bonds is 8. The Balaban J connectivity index is 3.29. The predicted molar refractivity (Wildman–Crippen MR) is 63.1 cm³/mol. The molecule has 0 heterocycles. The van der Waals surface area contributed by atoms with Crippen molar-refractivity contribution in [2.24, 2.45) is 0 Å². The van der Waals surface area contributed by atoms with E-state index in [1.165, 1.54) is 25.3 Å². The third kappa shape index (κ3) is 8.79. The Morgan fingerprint density at radius 1 is 1.08 bits per heavy atom. The van der Waals surface area contributed by atoms with Crippen molar-refractivity contribution in [2.45, 2.75) is 51.7 Å². The number of alkyl halides is 1. The molecule has 0 aliphatic heterocycles. The highest BCUT2D eigenvalue weighted by atomic mass is 35.5. The minimum absolute atomic E-state index is 0.812. The van der Waals surface area contributed by atoms with Crippen LogP contribution in [0.4, 0.5) is 0 Å². The molecule has 3 heteroatoms. The van der Waals surface area contributed by atoms with Gasteiger partial charge in [0.1, 0.15) is 0 Å². The molecular weight excluding hydrogens is 200 g/mol. The van der Waals surface area contributed by atoms with Crippen LogP contribution in [0.15, 0.2) is 0 Å². The van der Waals surface area contributed by atoms with Crippen molar-refractivity contribution < 1.29 is 4.43 Å². The van der Waals surface area contributed by atoms with Crippen molar-refractivity contribution in [2.75, 3.05) is 12.5 Å². The van der Waals surface area contributed by atoms with Gasteiger partial charge in [0.05, 0.1) is 0 Å². The zero-order chi connectivity index (χ0) is 10.2. The fraction of sp³-hybridized carbons (Fsp3) is 1.00. The van der Waals surface area contributed by atoms with Gasteiger partial charge in [-0.2, -0.15) is 0 Å². The molecule has 0 bridgehead atoms. The molecule has 0 aliphatic carbocycles. The lowest BCUT2D eigenvalue weighted by Gasteiger charge is -2.21. The molecule has 0 aromatic rings. The highest BCUT2D eigenvalue weighted by Gasteiger charge is 2.20. The summed E-state index contributed by atoms with van der Waals surface area (Å²) >= 11 is 5.60. The van der Waals surface area contributed by atoms with Crippen LogP contribution in [-0.4, -0.2) is 20.8 Å². The standard InChI is InChI=1S/C10H23ClOSi/c1-4-12-13(2,3)10-8-6-5-7-9-11/h4-10H2,1-3H3. The maximum Gasteiger partial charge on any atom is 0.186 e. The molecule has 0 saturated carbocycles. The molecule has 13 heavy (non-hydrogen) atoms. The SMILES string of the molecule is CCO[Si](C)(C)CCCCCCCl. The molecule has 0 aromatic heterocycles. The van der Waals surface area contributed by atoms with Gasteiger partial charge in [0, 0.05) is 12.5 Å². The van der Waals surface area contributed by atoms with Crippen molar-refractivity contribution in [3.8, 4) is 0 Å². The summed E-state index contributed by atoms with van der Waals surface area (Å²) in [5, 5.41) is 0. The summed E-state index contributed by atoms with van der Waals surface area (Å²) in [6.07, 6.45) is 5.07. The average molecular weight is 223 g/mol. The minimum Gasteiger partial charge on any atom is -0.418 e. The van der Waals surface area contributed by atoms with Gasteiger partial charge in [-0.3, -0.25) is 0 Å². The van der Waals surface area contributed by atoms with Crippen LogP contribution in [0.1, 0.15) is 32.6 Å². The second-order valence-corrected chi connectivity index (χ2v) is 8.73. The maximum atomic E-state index is 5.75. The normalized spacial score (nSPS) is 12.0. The van der Waals surface area contributed by atoms with Gasteiger partial charge in [0.2, 0.25) is 0 Å². The second-order valence-electron chi connectivity index (χ2n) is 4.05.